The highest BCUT2D eigenvalue weighted by molar-refractivity contribution is 6.35. The number of hydrogen-bond acceptors (Lipinski definition) is 5. The first-order chi connectivity index (χ1) is 12.9. The molecule has 2 aromatic carbocycles. The Kier molecular flexibility index (Phi) is 7.91. The normalized spacial score (nSPS) is 11.6. The smallest absolute Gasteiger partial charge is 0.347 e. The van der Waals surface area contributed by atoms with E-state index in [-0.39, 0.29) is 12.5 Å². The minimum atomic E-state index is -0.785. The topological polar surface area (TPSA) is 73.9 Å². The lowest BCUT2D eigenvalue weighted by Gasteiger charge is -2.14. The predicted octanol–water partition coefficient (Wildman–Crippen LogP) is 4.20. The lowest BCUT2D eigenvalue weighted by atomic mass is 10.2. The van der Waals surface area contributed by atoms with Crippen LogP contribution in [-0.4, -0.2) is 38.3 Å². The average Bonchev–Trinajstić information content (AvgIpc) is 2.65. The first kappa shape index (κ1) is 21.0. The molecule has 0 aromatic heterocycles. The number of esters is 1. The van der Waals surface area contributed by atoms with Crippen molar-refractivity contribution in [3.63, 3.8) is 0 Å². The van der Waals surface area contributed by atoms with E-state index >= 15 is 0 Å². The summed E-state index contributed by atoms with van der Waals surface area (Å²) in [6, 6.07) is 11.1. The van der Waals surface area contributed by atoms with Crippen LogP contribution in [0.3, 0.4) is 0 Å². The van der Waals surface area contributed by atoms with Crippen molar-refractivity contribution in [2.75, 3.05) is 25.6 Å². The number of halogens is 2. The zero-order valence-electron chi connectivity index (χ0n) is 14.8. The van der Waals surface area contributed by atoms with Crippen molar-refractivity contribution in [2.45, 2.75) is 13.0 Å². The number of rotatable bonds is 8. The lowest BCUT2D eigenvalue weighted by Crippen LogP contribution is -2.27. The van der Waals surface area contributed by atoms with E-state index in [0.29, 0.717) is 33.7 Å². The number of carbonyl (C=O) groups is 2. The molecule has 0 aliphatic carbocycles. The molecule has 8 heteroatoms. The van der Waals surface area contributed by atoms with Crippen LogP contribution in [0.1, 0.15) is 17.3 Å². The summed E-state index contributed by atoms with van der Waals surface area (Å²) >= 11 is 12.0. The highest BCUT2D eigenvalue weighted by Crippen LogP contribution is 2.26. The van der Waals surface area contributed by atoms with E-state index in [1.165, 1.54) is 7.11 Å². The van der Waals surface area contributed by atoms with Gasteiger partial charge in [-0.05, 0) is 49.4 Å². The molecule has 0 aliphatic rings. The fourth-order valence-electron chi connectivity index (χ4n) is 2.07. The molecule has 0 saturated heterocycles. The van der Waals surface area contributed by atoms with Gasteiger partial charge in [-0.2, -0.15) is 0 Å². The molecule has 6 nitrogen and oxygen atoms in total. The first-order valence-electron chi connectivity index (χ1n) is 8.09. The number of benzene rings is 2. The summed E-state index contributed by atoms with van der Waals surface area (Å²) in [6.45, 7) is 2.06. The molecule has 0 spiro atoms. The molecule has 2 rings (SSSR count). The van der Waals surface area contributed by atoms with E-state index in [2.05, 4.69) is 5.32 Å². The van der Waals surface area contributed by atoms with E-state index in [1.807, 2.05) is 0 Å². The molecule has 0 radical (unpaired) electrons. The standard InChI is InChI=1S/C19H19Cl2NO5/c1-12(19(24)26-10-9-25-2)27-15-6-3-13(4-7-15)18(23)22-17-11-14(20)5-8-16(17)21/h3-8,11-12H,9-10H2,1-2H3,(H,22,23)/t12-/m0/s1. The van der Waals surface area contributed by atoms with Crippen molar-refractivity contribution in [2.24, 2.45) is 0 Å². The zero-order valence-corrected chi connectivity index (χ0v) is 16.3. The molecule has 0 unspecified atom stereocenters. The first-order valence-corrected chi connectivity index (χ1v) is 8.85. The van der Waals surface area contributed by atoms with Crippen LogP contribution in [0.15, 0.2) is 42.5 Å². The summed E-state index contributed by atoms with van der Waals surface area (Å²) < 4.78 is 15.3. The molecule has 0 heterocycles. The average molecular weight is 412 g/mol. The fourth-order valence-corrected chi connectivity index (χ4v) is 2.40. The number of methoxy groups -OCH3 is 1. The zero-order chi connectivity index (χ0) is 19.8. The number of ether oxygens (including phenoxy) is 3. The highest BCUT2D eigenvalue weighted by atomic mass is 35.5. The second-order valence-electron chi connectivity index (χ2n) is 5.52. The van der Waals surface area contributed by atoms with E-state index in [0.717, 1.165) is 0 Å². The molecule has 144 valence electrons. The number of carbonyl (C=O) groups excluding carboxylic acids is 2. The van der Waals surface area contributed by atoms with Crippen LogP contribution in [0.4, 0.5) is 5.69 Å². The lowest BCUT2D eigenvalue weighted by molar-refractivity contribution is -0.152. The Morgan fingerprint density at radius 2 is 1.78 bits per heavy atom. The van der Waals surface area contributed by atoms with Gasteiger partial charge in [-0.15, -0.1) is 0 Å². The van der Waals surface area contributed by atoms with Crippen LogP contribution in [0.2, 0.25) is 10.0 Å². The Morgan fingerprint density at radius 1 is 1.07 bits per heavy atom. The Labute approximate surface area is 167 Å². The monoisotopic (exact) mass is 411 g/mol. The van der Waals surface area contributed by atoms with Gasteiger partial charge >= 0.3 is 5.97 Å². The molecule has 0 aliphatic heterocycles. The summed E-state index contributed by atoms with van der Waals surface area (Å²) in [5, 5.41) is 3.54. The largest absolute Gasteiger partial charge is 0.479 e. The number of amides is 1. The van der Waals surface area contributed by atoms with Gasteiger partial charge in [-0.3, -0.25) is 4.79 Å². The Balaban J connectivity index is 1.95. The Hall–Kier alpha value is -2.28. The van der Waals surface area contributed by atoms with E-state index in [9.17, 15) is 9.59 Å². The van der Waals surface area contributed by atoms with Crippen molar-refractivity contribution in [1.82, 2.24) is 0 Å². The molecule has 1 amide bonds. The molecule has 0 bridgehead atoms. The van der Waals surface area contributed by atoms with Crippen LogP contribution < -0.4 is 10.1 Å². The van der Waals surface area contributed by atoms with Gasteiger partial charge in [0.2, 0.25) is 0 Å². The van der Waals surface area contributed by atoms with Gasteiger partial charge in [0.25, 0.3) is 5.91 Å². The van der Waals surface area contributed by atoms with Gasteiger partial charge in [-0.1, -0.05) is 23.2 Å². The van der Waals surface area contributed by atoms with Crippen molar-refractivity contribution in [3.05, 3.63) is 58.1 Å². The summed E-state index contributed by atoms with van der Waals surface area (Å²) in [6.07, 6.45) is -0.785. The third kappa shape index (κ3) is 6.43. The van der Waals surface area contributed by atoms with Gasteiger partial charge in [0, 0.05) is 17.7 Å². The highest BCUT2D eigenvalue weighted by Gasteiger charge is 2.16. The van der Waals surface area contributed by atoms with Crippen molar-refractivity contribution >= 4 is 40.8 Å². The molecule has 0 saturated carbocycles. The van der Waals surface area contributed by atoms with Crippen LogP contribution in [0.5, 0.6) is 5.75 Å². The third-order valence-electron chi connectivity index (χ3n) is 3.47. The van der Waals surface area contributed by atoms with Crippen LogP contribution in [-0.2, 0) is 14.3 Å². The van der Waals surface area contributed by atoms with Gasteiger partial charge in [-0.25, -0.2) is 4.79 Å². The second-order valence-corrected chi connectivity index (χ2v) is 6.37. The Morgan fingerprint density at radius 3 is 2.44 bits per heavy atom. The quantitative estimate of drug-likeness (QED) is 0.520. The minimum absolute atomic E-state index is 0.161. The summed E-state index contributed by atoms with van der Waals surface area (Å²) in [5.74, 6) is -0.411. The summed E-state index contributed by atoms with van der Waals surface area (Å²) in [4.78, 5) is 24.1. The molecule has 27 heavy (non-hydrogen) atoms. The van der Waals surface area contributed by atoms with Crippen molar-refractivity contribution in [3.8, 4) is 5.75 Å². The number of nitrogens with one attached hydrogen (secondary N) is 1. The van der Waals surface area contributed by atoms with Gasteiger partial charge < -0.3 is 19.5 Å². The molecule has 0 fully saturated rings. The van der Waals surface area contributed by atoms with E-state index in [1.54, 1.807) is 49.4 Å². The third-order valence-corrected chi connectivity index (χ3v) is 4.03. The van der Waals surface area contributed by atoms with E-state index < -0.39 is 12.1 Å². The Bertz CT molecular complexity index is 795. The van der Waals surface area contributed by atoms with Crippen LogP contribution in [0, 0.1) is 0 Å². The SMILES string of the molecule is COCCOC(=O)[C@H](C)Oc1ccc(C(=O)Nc2cc(Cl)ccc2Cl)cc1. The van der Waals surface area contributed by atoms with E-state index in [4.69, 9.17) is 37.4 Å². The molecule has 2 aromatic rings. The number of anilines is 1. The number of hydrogen-bond donors (Lipinski definition) is 1. The predicted molar refractivity (Wildman–Crippen MR) is 104 cm³/mol. The van der Waals surface area contributed by atoms with Gasteiger partial charge in [0.15, 0.2) is 6.10 Å². The summed E-state index contributed by atoms with van der Waals surface area (Å²) in [5.41, 5.74) is 0.815. The maximum atomic E-state index is 12.3. The van der Waals surface area contributed by atoms with Gasteiger partial charge in [0.1, 0.15) is 12.4 Å². The maximum Gasteiger partial charge on any atom is 0.347 e. The second kappa shape index (κ2) is 10.2. The summed E-state index contributed by atoms with van der Waals surface area (Å²) in [7, 11) is 1.52. The van der Waals surface area contributed by atoms with Crippen LogP contribution in [0.25, 0.3) is 0 Å². The molecular weight excluding hydrogens is 393 g/mol. The van der Waals surface area contributed by atoms with Crippen molar-refractivity contribution in [1.29, 1.82) is 0 Å². The molecule has 1 N–H and O–H groups in total. The minimum Gasteiger partial charge on any atom is -0.479 e. The molecular formula is C19H19Cl2NO5. The fraction of sp³-hybridized carbons (Fsp3) is 0.263. The maximum absolute atomic E-state index is 12.3. The van der Waals surface area contributed by atoms with Gasteiger partial charge in [0.05, 0.1) is 17.3 Å². The molecule has 1 atom stereocenters. The van der Waals surface area contributed by atoms with Crippen LogP contribution >= 0.6 is 23.2 Å². The van der Waals surface area contributed by atoms with Crippen molar-refractivity contribution < 1.29 is 23.8 Å².